The van der Waals surface area contributed by atoms with Crippen LogP contribution in [0.2, 0.25) is 5.02 Å². The van der Waals surface area contributed by atoms with Crippen LogP contribution < -0.4 is 4.74 Å². The van der Waals surface area contributed by atoms with Crippen molar-refractivity contribution in [2.24, 2.45) is 0 Å². The third kappa shape index (κ3) is 3.54. The van der Waals surface area contributed by atoms with Gasteiger partial charge in [-0.2, -0.15) is 0 Å². The van der Waals surface area contributed by atoms with Crippen molar-refractivity contribution < 1.29 is 4.74 Å². The first-order valence-electron chi connectivity index (χ1n) is 6.58. The van der Waals surface area contributed by atoms with Gasteiger partial charge in [0.15, 0.2) is 0 Å². The molecule has 2 atom stereocenters. The van der Waals surface area contributed by atoms with Gasteiger partial charge in [-0.1, -0.05) is 51.8 Å². The molecule has 2 unspecified atom stereocenters. The summed E-state index contributed by atoms with van der Waals surface area (Å²) >= 11 is 9.52. The Bertz CT molecular complexity index is 587. The number of halogens is 2. The summed E-state index contributed by atoms with van der Waals surface area (Å²) in [5.74, 6) is 0.768. The monoisotopic (exact) mass is 351 g/mol. The predicted molar refractivity (Wildman–Crippen MR) is 85.3 cm³/mol. The van der Waals surface area contributed by atoms with Crippen LogP contribution in [0.5, 0.6) is 5.75 Å². The zero-order valence-electron chi connectivity index (χ0n) is 10.9. The number of nitrogens with zero attached hydrogens (tertiary/aromatic N) is 1. The zero-order valence-corrected chi connectivity index (χ0v) is 13.3. The van der Waals surface area contributed by atoms with Crippen molar-refractivity contribution in [2.75, 3.05) is 13.2 Å². The summed E-state index contributed by atoms with van der Waals surface area (Å²) in [5, 5.41) is 0.674. The summed E-state index contributed by atoms with van der Waals surface area (Å²) < 4.78 is 6.88. The van der Waals surface area contributed by atoms with Gasteiger partial charge in [-0.15, -0.1) is 0 Å². The van der Waals surface area contributed by atoms with Crippen molar-refractivity contribution in [3.05, 3.63) is 63.6 Å². The average Bonchev–Trinajstić information content (AvgIpc) is 3.19. The van der Waals surface area contributed by atoms with Crippen LogP contribution in [0.15, 0.2) is 53.0 Å². The van der Waals surface area contributed by atoms with E-state index in [1.54, 1.807) is 0 Å². The van der Waals surface area contributed by atoms with Gasteiger partial charge in [-0.05, 0) is 29.8 Å². The molecular formula is C16H15BrClNO. The third-order valence-corrected chi connectivity index (χ3v) is 4.24. The van der Waals surface area contributed by atoms with Gasteiger partial charge in [-0.25, -0.2) is 0 Å². The Hall–Kier alpha value is -1.03. The minimum atomic E-state index is 0.495. The van der Waals surface area contributed by atoms with E-state index < -0.39 is 0 Å². The lowest BCUT2D eigenvalue weighted by Crippen LogP contribution is -2.11. The molecule has 0 N–H and O–H groups in total. The van der Waals surface area contributed by atoms with Gasteiger partial charge in [0.2, 0.25) is 0 Å². The topological polar surface area (TPSA) is 12.2 Å². The number of ether oxygens (including phenoxy) is 1. The van der Waals surface area contributed by atoms with Crippen LogP contribution in [-0.2, 0) is 6.54 Å². The van der Waals surface area contributed by atoms with E-state index in [1.165, 1.54) is 5.56 Å². The molecule has 1 aliphatic rings. The third-order valence-electron chi connectivity index (χ3n) is 3.39. The molecule has 2 aromatic carbocycles. The highest BCUT2D eigenvalue weighted by molar-refractivity contribution is 9.10. The Morgan fingerprint density at radius 1 is 1.15 bits per heavy atom. The summed E-state index contributed by atoms with van der Waals surface area (Å²) in [6.45, 7) is 2.75. The molecule has 3 rings (SSSR count). The second-order valence-corrected chi connectivity index (χ2v) is 6.27. The second kappa shape index (κ2) is 6.17. The fraction of sp³-hybridized carbons (Fsp3) is 0.250. The fourth-order valence-electron chi connectivity index (χ4n) is 2.15. The van der Waals surface area contributed by atoms with Crippen molar-refractivity contribution in [2.45, 2.75) is 12.6 Å². The Morgan fingerprint density at radius 2 is 1.90 bits per heavy atom. The van der Waals surface area contributed by atoms with E-state index in [0.29, 0.717) is 17.7 Å². The van der Waals surface area contributed by atoms with Crippen LogP contribution in [-0.4, -0.2) is 24.1 Å². The SMILES string of the molecule is Clc1ccccc1OCC1CN1Cc1ccc(Br)cc1. The molecule has 0 amide bonds. The van der Waals surface area contributed by atoms with Gasteiger partial charge in [-0.3, -0.25) is 4.90 Å². The molecule has 1 aliphatic heterocycles. The van der Waals surface area contributed by atoms with E-state index in [1.807, 2.05) is 24.3 Å². The molecule has 4 heteroatoms. The summed E-state index contributed by atoms with van der Waals surface area (Å²) in [6.07, 6.45) is 0. The van der Waals surface area contributed by atoms with Crippen LogP contribution in [0, 0.1) is 0 Å². The van der Waals surface area contributed by atoms with Crippen LogP contribution in [0.25, 0.3) is 0 Å². The lowest BCUT2D eigenvalue weighted by molar-refractivity contribution is 0.293. The van der Waals surface area contributed by atoms with Gasteiger partial charge >= 0.3 is 0 Å². The van der Waals surface area contributed by atoms with Crippen LogP contribution in [0.3, 0.4) is 0 Å². The zero-order chi connectivity index (χ0) is 13.9. The summed E-state index contributed by atoms with van der Waals surface area (Å²) in [6, 6.07) is 16.5. The highest BCUT2D eigenvalue weighted by atomic mass is 79.9. The molecule has 2 aromatic rings. The smallest absolute Gasteiger partial charge is 0.137 e. The maximum Gasteiger partial charge on any atom is 0.137 e. The lowest BCUT2D eigenvalue weighted by Gasteiger charge is -2.08. The van der Waals surface area contributed by atoms with Gasteiger partial charge < -0.3 is 4.74 Å². The molecule has 0 radical (unpaired) electrons. The Morgan fingerprint density at radius 3 is 2.65 bits per heavy atom. The van der Waals surface area contributed by atoms with Gasteiger partial charge in [0.25, 0.3) is 0 Å². The number of rotatable bonds is 5. The average molecular weight is 353 g/mol. The number of hydrogen-bond donors (Lipinski definition) is 0. The predicted octanol–water partition coefficient (Wildman–Crippen LogP) is 4.37. The van der Waals surface area contributed by atoms with Crippen LogP contribution in [0.4, 0.5) is 0 Å². The first kappa shape index (κ1) is 13.9. The van der Waals surface area contributed by atoms with E-state index in [4.69, 9.17) is 16.3 Å². The van der Waals surface area contributed by atoms with Crippen molar-refractivity contribution in [3.63, 3.8) is 0 Å². The molecule has 104 valence electrons. The summed E-state index contributed by atoms with van der Waals surface area (Å²) in [5.41, 5.74) is 1.33. The number of benzene rings is 2. The van der Waals surface area contributed by atoms with E-state index in [9.17, 15) is 0 Å². The summed E-state index contributed by atoms with van der Waals surface area (Å²) in [4.78, 5) is 2.39. The Kier molecular flexibility index (Phi) is 4.29. The highest BCUT2D eigenvalue weighted by Gasteiger charge is 2.34. The first-order chi connectivity index (χ1) is 9.72. The fourth-order valence-corrected chi connectivity index (χ4v) is 2.60. The second-order valence-electron chi connectivity index (χ2n) is 4.95. The van der Waals surface area contributed by atoms with Crippen LogP contribution >= 0.6 is 27.5 Å². The molecule has 0 saturated carbocycles. The minimum absolute atomic E-state index is 0.495. The quantitative estimate of drug-likeness (QED) is 0.741. The molecule has 0 aromatic heterocycles. The van der Waals surface area contributed by atoms with Crippen LogP contribution in [0.1, 0.15) is 5.56 Å². The van der Waals surface area contributed by atoms with E-state index >= 15 is 0 Å². The van der Waals surface area contributed by atoms with Crippen molar-refractivity contribution in [1.82, 2.24) is 4.90 Å². The molecule has 1 heterocycles. The van der Waals surface area contributed by atoms with Crippen molar-refractivity contribution in [1.29, 1.82) is 0 Å². The van der Waals surface area contributed by atoms with Crippen molar-refractivity contribution >= 4 is 27.5 Å². The maximum absolute atomic E-state index is 6.07. The molecule has 2 nitrogen and oxygen atoms in total. The molecular weight excluding hydrogens is 338 g/mol. The summed E-state index contributed by atoms with van der Waals surface area (Å²) in [7, 11) is 0. The maximum atomic E-state index is 6.07. The molecule has 1 fully saturated rings. The van der Waals surface area contributed by atoms with E-state index in [-0.39, 0.29) is 0 Å². The minimum Gasteiger partial charge on any atom is -0.490 e. The standard InChI is InChI=1S/C16H15BrClNO/c17-13-7-5-12(6-8-13)9-19-10-14(19)11-20-16-4-2-1-3-15(16)18/h1-8,14H,9-11H2. The Labute approximate surface area is 132 Å². The Balaban J connectivity index is 1.48. The van der Waals surface area contributed by atoms with Gasteiger partial charge in [0.05, 0.1) is 11.1 Å². The highest BCUT2D eigenvalue weighted by Crippen LogP contribution is 2.26. The molecule has 1 saturated heterocycles. The normalized spacial score (nSPS) is 20.7. The molecule has 0 spiro atoms. The number of hydrogen-bond acceptors (Lipinski definition) is 2. The largest absolute Gasteiger partial charge is 0.490 e. The molecule has 0 aliphatic carbocycles. The molecule has 20 heavy (non-hydrogen) atoms. The molecule has 0 bridgehead atoms. The van der Waals surface area contributed by atoms with Gasteiger partial charge in [0.1, 0.15) is 12.4 Å². The lowest BCUT2D eigenvalue weighted by atomic mass is 10.2. The van der Waals surface area contributed by atoms with E-state index in [0.717, 1.165) is 23.3 Å². The van der Waals surface area contributed by atoms with Crippen molar-refractivity contribution in [3.8, 4) is 5.75 Å². The van der Waals surface area contributed by atoms with E-state index in [2.05, 4.69) is 45.1 Å². The van der Waals surface area contributed by atoms with Gasteiger partial charge in [0, 0.05) is 17.6 Å². The first-order valence-corrected chi connectivity index (χ1v) is 7.75. The number of para-hydroxylation sites is 1.